The lowest BCUT2D eigenvalue weighted by molar-refractivity contribution is -0.137. The number of hydrogen-bond donors (Lipinski definition) is 3. The third-order valence-electron chi connectivity index (χ3n) is 2.92. The number of amidine groups is 1. The van der Waals surface area contributed by atoms with E-state index in [-0.39, 0.29) is 12.1 Å². The molecule has 0 saturated carbocycles. The first-order chi connectivity index (χ1) is 9.45. The van der Waals surface area contributed by atoms with Crippen LogP contribution in [-0.2, 0) is 6.18 Å². The molecular formula is C14H20F3N3O. The topological polar surface area (TPSA) is 73.3 Å². The zero-order valence-electron chi connectivity index (χ0n) is 12.3. The monoisotopic (exact) mass is 303 g/mol. The number of benzene rings is 1. The summed E-state index contributed by atoms with van der Waals surface area (Å²) < 4.78 is 39.2. The number of nitrogen functional groups attached to an aromatic ring is 1. The molecular weight excluding hydrogens is 283 g/mol. The second-order valence-corrected chi connectivity index (χ2v) is 5.47. The predicted octanol–water partition coefficient (Wildman–Crippen LogP) is 2.59. The predicted molar refractivity (Wildman–Crippen MR) is 76.6 cm³/mol. The number of alkyl halides is 3. The fraction of sp³-hybridized carbons (Fsp3) is 0.500. The van der Waals surface area contributed by atoms with E-state index in [0.717, 1.165) is 6.07 Å². The molecule has 0 atom stereocenters. The van der Waals surface area contributed by atoms with E-state index in [4.69, 9.17) is 11.1 Å². The van der Waals surface area contributed by atoms with E-state index >= 15 is 0 Å². The van der Waals surface area contributed by atoms with Crippen LogP contribution in [0.3, 0.4) is 0 Å². The first-order valence-electron chi connectivity index (χ1n) is 6.48. The molecule has 118 valence electrons. The largest absolute Gasteiger partial charge is 0.417 e. The van der Waals surface area contributed by atoms with Gasteiger partial charge in [0.25, 0.3) is 0 Å². The summed E-state index contributed by atoms with van der Waals surface area (Å²) in [6, 6.07) is 3.63. The molecule has 1 rings (SSSR count). The van der Waals surface area contributed by atoms with Crippen LogP contribution in [0.1, 0.15) is 31.9 Å². The number of hydrogen-bond acceptors (Lipinski definition) is 3. The molecule has 0 saturated heterocycles. The molecule has 0 aliphatic heterocycles. The summed E-state index contributed by atoms with van der Waals surface area (Å²) in [5.74, 6) is -0.626. The number of anilines is 1. The van der Waals surface area contributed by atoms with E-state index in [9.17, 15) is 18.3 Å². The van der Waals surface area contributed by atoms with Crippen LogP contribution in [0, 0.1) is 5.41 Å². The third-order valence-corrected chi connectivity index (χ3v) is 2.92. The van der Waals surface area contributed by atoms with Gasteiger partial charge in [-0.25, -0.2) is 0 Å². The van der Waals surface area contributed by atoms with Gasteiger partial charge < -0.3 is 15.7 Å². The maximum absolute atomic E-state index is 13.1. The van der Waals surface area contributed by atoms with Crippen molar-refractivity contribution in [2.45, 2.75) is 32.5 Å². The molecule has 0 aliphatic carbocycles. The van der Waals surface area contributed by atoms with Gasteiger partial charge in [0.05, 0.1) is 11.2 Å². The smallest absolute Gasteiger partial charge is 0.389 e. The molecule has 0 bridgehead atoms. The Morgan fingerprint density at radius 2 is 1.90 bits per heavy atom. The SMILES string of the molecule is CCN(CC(C)(C)O)c1ccc(C(=N)N)c(C(F)(F)F)c1. The fourth-order valence-corrected chi connectivity index (χ4v) is 2.05. The van der Waals surface area contributed by atoms with Crippen LogP contribution < -0.4 is 10.6 Å². The summed E-state index contributed by atoms with van der Waals surface area (Å²) in [7, 11) is 0. The standard InChI is InChI=1S/C14H20F3N3O/c1-4-20(8-13(2,3)21)9-5-6-10(12(18)19)11(7-9)14(15,16)17/h5-7,21H,4,8H2,1-3H3,(H3,18,19). The Bertz CT molecular complexity index is 521. The van der Waals surface area contributed by atoms with E-state index in [1.807, 2.05) is 0 Å². The minimum atomic E-state index is -4.59. The van der Waals surface area contributed by atoms with Crippen LogP contribution in [0.2, 0.25) is 0 Å². The van der Waals surface area contributed by atoms with Crippen LogP contribution in [0.4, 0.5) is 18.9 Å². The van der Waals surface area contributed by atoms with Crippen molar-refractivity contribution in [3.63, 3.8) is 0 Å². The maximum atomic E-state index is 13.1. The molecule has 21 heavy (non-hydrogen) atoms. The van der Waals surface area contributed by atoms with Crippen LogP contribution in [-0.4, -0.2) is 29.6 Å². The van der Waals surface area contributed by atoms with E-state index in [2.05, 4.69) is 0 Å². The maximum Gasteiger partial charge on any atom is 0.417 e. The van der Waals surface area contributed by atoms with Crippen LogP contribution in [0.5, 0.6) is 0 Å². The van der Waals surface area contributed by atoms with Gasteiger partial charge in [0, 0.05) is 24.3 Å². The summed E-state index contributed by atoms with van der Waals surface area (Å²) in [5, 5.41) is 17.1. The van der Waals surface area contributed by atoms with Gasteiger partial charge in [-0.05, 0) is 39.0 Å². The van der Waals surface area contributed by atoms with Gasteiger partial charge in [0.2, 0.25) is 0 Å². The number of halogens is 3. The summed E-state index contributed by atoms with van der Waals surface area (Å²) in [6.07, 6.45) is -4.59. The molecule has 1 aromatic rings. The van der Waals surface area contributed by atoms with Crippen molar-refractivity contribution < 1.29 is 18.3 Å². The normalized spacial score (nSPS) is 12.3. The van der Waals surface area contributed by atoms with Gasteiger partial charge in [-0.1, -0.05) is 0 Å². The molecule has 4 N–H and O–H groups in total. The van der Waals surface area contributed by atoms with Gasteiger partial charge in [-0.2, -0.15) is 13.2 Å². The minimum Gasteiger partial charge on any atom is -0.389 e. The van der Waals surface area contributed by atoms with Crippen molar-refractivity contribution >= 4 is 11.5 Å². The van der Waals surface area contributed by atoms with E-state index in [0.29, 0.717) is 12.2 Å². The number of nitrogens with one attached hydrogen (secondary N) is 1. The van der Waals surface area contributed by atoms with Crippen molar-refractivity contribution in [2.75, 3.05) is 18.0 Å². The molecule has 1 aromatic carbocycles. The van der Waals surface area contributed by atoms with Crippen molar-refractivity contribution in [2.24, 2.45) is 5.73 Å². The molecule has 0 fully saturated rings. The Labute approximate surface area is 121 Å². The highest BCUT2D eigenvalue weighted by Gasteiger charge is 2.35. The van der Waals surface area contributed by atoms with Gasteiger partial charge >= 0.3 is 6.18 Å². The van der Waals surface area contributed by atoms with Crippen molar-refractivity contribution in [1.29, 1.82) is 5.41 Å². The second kappa shape index (κ2) is 5.93. The molecule has 7 heteroatoms. The lowest BCUT2D eigenvalue weighted by Crippen LogP contribution is -2.38. The zero-order valence-corrected chi connectivity index (χ0v) is 12.3. The summed E-state index contributed by atoms with van der Waals surface area (Å²) in [4.78, 5) is 1.64. The first-order valence-corrected chi connectivity index (χ1v) is 6.48. The second-order valence-electron chi connectivity index (χ2n) is 5.47. The first kappa shape index (κ1) is 17.3. The highest BCUT2D eigenvalue weighted by molar-refractivity contribution is 5.97. The Morgan fingerprint density at radius 1 is 1.33 bits per heavy atom. The van der Waals surface area contributed by atoms with Crippen LogP contribution in [0.15, 0.2) is 18.2 Å². The average molecular weight is 303 g/mol. The molecule has 0 heterocycles. The average Bonchev–Trinajstić information content (AvgIpc) is 2.33. The molecule has 0 amide bonds. The minimum absolute atomic E-state index is 0.195. The van der Waals surface area contributed by atoms with Gasteiger partial charge in [-0.15, -0.1) is 0 Å². The van der Waals surface area contributed by atoms with Gasteiger partial charge in [0.1, 0.15) is 5.84 Å². The molecule has 0 spiro atoms. The Hall–Kier alpha value is -1.76. The van der Waals surface area contributed by atoms with E-state index in [1.54, 1.807) is 25.7 Å². The van der Waals surface area contributed by atoms with Crippen molar-refractivity contribution in [3.8, 4) is 0 Å². The van der Waals surface area contributed by atoms with E-state index in [1.165, 1.54) is 12.1 Å². The Kier molecular flexibility index (Phi) is 4.88. The Balaban J connectivity index is 3.30. The molecule has 0 unspecified atom stereocenters. The van der Waals surface area contributed by atoms with Crippen molar-refractivity contribution in [3.05, 3.63) is 29.3 Å². The lowest BCUT2D eigenvalue weighted by atomic mass is 10.0. The van der Waals surface area contributed by atoms with Gasteiger partial charge in [0.15, 0.2) is 0 Å². The van der Waals surface area contributed by atoms with Crippen molar-refractivity contribution in [1.82, 2.24) is 0 Å². The van der Waals surface area contributed by atoms with Gasteiger partial charge in [-0.3, -0.25) is 5.41 Å². The molecule has 0 aromatic heterocycles. The quantitative estimate of drug-likeness (QED) is 0.578. The number of likely N-dealkylation sites (N-methyl/N-ethyl adjacent to an activating group) is 1. The number of nitrogens with two attached hydrogens (primary N) is 1. The Morgan fingerprint density at radius 3 is 2.29 bits per heavy atom. The lowest BCUT2D eigenvalue weighted by Gasteiger charge is -2.30. The van der Waals surface area contributed by atoms with E-state index < -0.39 is 23.2 Å². The molecule has 0 aliphatic rings. The molecule has 4 nitrogen and oxygen atoms in total. The summed E-state index contributed by atoms with van der Waals surface area (Å²) >= 11 is 0. The zero-order chi connectivity index (χ0) is 16.4. The summed E-state index contributed by atoms with van der Waals surface area (Å²) in [5.41, 5.74) is 3.21. The highest BCUT2D eigenvalue weighted by atomic mass is 19.4. The van der Waals surface area contributed by atoms with Crippen LogP contribution in [0.25, 0.3) is 0 Å². The third kappa shape index (κ3) is 4.63. The molecule has 0 radical (unpaired) electrons. The fourth-order valence-electron chi connectivity index (χ4n) is 2.05. The summed E-state index contributed by atoms with van der Waals surface area (Å²) in [6.45, 7) is 5.60. The number of nitrogens with zero attached hydrogens (tertiary/aromatic N) is 1. The highest BCUT2D eigenvalue weighted by Crippen LogP contribution is 2.34. The number of aliphatic hydroxyl groups is 1. The van der Waals surface area contributed by atoms with Crippen LogP contribution >= 0.6 is 0 Å². The number of rotatable bonds is 5.